The Hall–Kier alpha value is -1.71. The van der Waals surface area contributed by atoms with Gasteiger partial charge in [-0.1, -0.05) is 41.7 Å². The number of benzene rings is 1. The average Bonchev–Trinajstić information content (AvgIpc) is 3.07. The molecule has 1 saturated heterocycles. The second-order valence-electron chi connectivity index (χ2n) is 5.60. The molecule has 0 aliphatic carbocycles. The molecule has 24 heavy (non-hydrogen) atoms. The molecule has 1 aliphatic heterocycles. The number of β-amino-alcohol motifs (C(OH)–C–C–N with tert-alkyl or cyclic N) is 1. The average molecular weight is 358 g/mol. The summed E-state index contributed by atoms with van der Waals surface area (Å²) < 4.78 is 37.8. The van der Waals surface area contributed by atoms with Gasteiger partial charge in [0.1, 0.15) is 0 Å². The first-order valence-electron chi connectivity index (χ1n) is 7.54. The van der Waals surface area contributed by atoms with E-state index in [2.05, 4.69) is 15.1 Å². The molecule has 3 rings (SSSR count). The number of hydrogen-bond donors (Lipinski definition) is 1. The van der Waals surface area contributed by atoms with Crippen molar-refractivity contribution in [3.63, 3.8) is 0 Å². The van der Waals surface area contributed by atoms with Gasteiger partial charge in [0.05, 0.1) is 6.10 Å². The van der Waals surface area contributed by atoms with E-state index in [0.29, 0.717) is 49.2 Å². The first-order chi connectivity index (χ1) is 11.4. The Balaban J connectivity index is 1.53. The van der Waals surface area contributed by atoms with Crippen LogP contribution in [0.5, 0.6) is 0 Å². The number of piperazine rings is 1. The highest BCUT2D eigenvalue weighted by Crippen LogP contribution is 2.34. The second kappa shape index (κ2) is 7.04. The highest BCUT2D eigenvalue weighted by Gasteiger charge is 2.36. The lowest BCUT2D eigenvalue weighted by Gasteiger charge is -2.35. The third kappa shape index (κ3) is 4.03. The molecular weight excluding hydrogens is 341 g/mol. The van der Waals surface area contributed by atoms with E-state index in [1.165, 1.54) is 0 Å². The molecular formula is C15H17F3N4OS. The summed E-state index contributed by atoms with van der Waals surface area (Å²) in [6, 6.07) is 9.41. The molecule has 0 radical (unpaired) electrons. The zero-order valence-corrected chi connectivity index (χ0v) is 13.6. The smallest absolute Gasteiger partial charge is 0.387 e. The minimum absolute atomic E-state index is 0.297. The van der Waals surface area contributed by atoms with Gasteiger partial charge < -0.3 is 10.0 Å². The third-order valence-electron chi connectivity index (χ3n) is 3.92. The molecule has 1 fully saturated rings. The van der Waals surface area contributed by atoms with Crippen molar-refractivity contribution in [1.29, 1.82) is 0 Å². The lowest BCUT2D eigenvalue weighted by Crippen LogP contribution is -2.47. The van der Waals surface area contributed by atoms with E-state index in [9.17, 15) is 18.3 Å². The summed E-state index contributed by atoms with van der Waals surface area (Å²) in [4.78, 5) is 3.90. The van der Waals surface area contributed by atoms with Gasteiger partial charge in [-0.25, -0.2) is 0 Å². The lowest BCUT2D eigenvalue weighted by molar-refractivity contribution is -0.138. The first-order valence-corrected chi connectivity index (χ1v) is 8.36. The normalized spacial score (nSPS) is 17.9. The van der Waals surface area contributed by atoms with Crippen molar-refractivity contribution in [1.82, 2.24) is 15.1 Å². The zero-order valence-electron chi connectivity index (χ0n) is 12.8. The molecule has 0 amide bonds. The minimum atomic E-state index is -4.45. The predicted octanol–water partition coefficient (Wildman–Crippen LogP) is 2.41. The monoisotopic (exact) mass is 358 g/mol. The van der Waals surface area contributed by atoms with E-state index in [1.54, 1.807) is 4.90 Å². The van der Waals surface area contributed by atoms with E-state index >= 15 is 0 Å². The minimum Gasteiger partial charge on any atom is -0.387 e. The standard InChI is InChI=1S/C15H17F3N4OS/c16-15(17,18)13-19-20-14(24-13)22-8-6-21(7-9-22)10-12(23)11-4-2-1-3-5-11/h1-5,12,23H,6-10H2. The second-order valence-corrected chi connectivity index (χ2v) is 6.56. The molecule has 0 spiro atoms. The molecule has 2 heterocycles. The molecule has 9 heteroatoms. The molecule has 5 nitrogen and oxygen atoms in total. The molecule has 1 atom stereocenters. The van der Waals surface area contributed by atoms with Gasteiger partial charge in [-0.05, 0) is 5.56 Å². The number of alkyl halides is 3. The third-order valence-corrected chi connectivity index (χ3v) is 4.94. The summed E-state index contributed by atoms with van der Waals surface area (Å²) in [5, 5.41) is 16.5. The van der Waals surface area contributed by atoms with Gasteiger partial charge in [0.2, 0.25) is 10.1 Å². The van der Waals surface area contributed by atoms with Crippen LogP contribution in [0, 0.1) is 0 Å². The lowest BCUT2D eigenvalue weighted by atomic mass is 10.1. The number of rotatable bonds is 4. The largest absolute Gasteiger partial charge is 0.445 e. The fraction of sp³-hybridized carbons (Fsp3) is 0.467. The van der Waals surface area contributed by atoms with Gasteiger partial charge >= 0.3 is 6.18 Å². The van der Waals surface area contributed by atoms with Crippen LogP contribution in [0.15, 0.2) is 30.3 Å². The summed E-state index contributed by atoms with van der Waals surface area (Å²) in [5.41, 5.74) is 0.860. The Morgan fingerprint density at radius 3 is 2.33 bits per heavy atom. The summed E-state index contributed by atoms with van der Waals surface area (Å²) in [6.07, 6.45) is -5.02. The number of anilines is 1. The predicted molar refractivity (Wildman–Crippen MR) is 85.0 cm³/mol. The van der Waals surface area contributed by atoms with Crippen molar-refractivity contribution >= 4 is 16.5 Å². The summed E-state index contributed by atoms with van der Waals surface area (Å²) in [6.45, 7) is 2.94. The van der Waals surface area contributed by atoms with Crippen molar-refractivity contribution in [3.8, 4) is 0 Å². The van der Waals surface area contributed by atoms with Crippen LogP contribution in [0.3, 0.4) is 0 Å². The van der Waals surface area contributed by atoms with Crippen LogP contribution >= 0.6 is 11.3 Å². The van der Waals surface area contributed by atoms with Crippen LogP contribution in [-0.4, -0.2) is 52.9 Å². The number of aliphatic hydroxyl groups excluding tert-OH is 1. The van der Waals surface area contributed by atoms with Crippen molar-refractivity contribution in [2.45, 2.75) is 12.3 Å². The van der Waals surface area contributed by atoms with Gasteiger partial charge in [0, 0.05) is 32.7 Å². The molecule has 2 aromatic rings. The Labute approximate surface area is 141 Å². The summed E-state index contributed by atoms with van der Waals surface area (Å²) >= 11 is 0.569. The van der Waals surface area contributed by atoms with Crippen LogP contribution in [0.2, 0.25) is 0 Å². The van der Waals surface area contributed by atoms with Crippen LogP contribution < -0.4 is 4.90 Å². The number of hydrogen-bond acceptors (Lipinski definition) is 6. The highest BCUT2D eigenvalue weighted by molar-refractivity contribution is 7.15. The van der Waals surface area contributed by atoms with Crippen LogP contribution in [0.4, 0.5) is 18.3 Å². The van der Waals surface area contributed by atoms with E-state index in [0.717, 1.165) is 5.56 Å². The fourth-order valence-electron chi connectivity index (χ4n) is 2.60. The van der Waals surface area contributed by atoms with Crippen molar-refractivity contribution in [2.24, 2.45) is 0 Å². The van der Waals surface area contributed by atoms with E-state index in [1.807, 2.05) is 30.3 Å². The molecule has 1 unspecified atom stereocenters. The molecule has 1 aromatic heterocycles. The highest BCUT2D eigenvalue weighted by atomic mass is 32.1. The van der Waals surface area contributed by atoms with Gasteiger partial charge in [0.25, 0.3) is 0 Å². The Bertz CT molecular complexity index is 656. The fourth-order valence-corrected chi connectivity index (χ4v) is 3.37. The number of nitrogens with zero attached hydrogens (tertiary/aromatic N) is 4. The quantitative estimate of drug-likeness (QED) is 0.910. The van der Waals surface area contributed by atoms with Crippen molar-refractivity contribution in [2.75, 3.05) is 37.6 Å². The maximum atomic E-state index is 12.6. The van der Waals surface area contributed by atoms with Crippen LogP contribution in [0.25, 0.3) is 0 Å². The maximum Gasteiger partial charge on any atom is 0.445 e. The van der Waals surface area contributed by atoms with Crippen molar-refractivity contribution < 1.29 is 18.3 Å². The van der Waals surface area contributed by atoms with Crippen LogP contribution in [0.1, 0.15) is 16.7 Å². The number of aliphatic hydroxyl groups is 1. The van der Waals surface area contributed by atoms with E-state index in [-0.39, 0.29) is 0 Å². The van der Waals surface area contributed by atoms with E-state index in [4.69, 9.17) is 0 Å². The molecule has 1 N–H and O–H groups in total. The van der Waals surface area contributed by atoms with E-state index < -0.39 is 17.3 Å². The molecule has 130 valence electrons. The Morgan fingerprint density at radius 1 is 1.08 bits per heavy atom. The molecule has 0 bridgehead atoms. The number of aromatic nitrogens is 2. The summed E-state index contributed by atoms with van der Waals surface area (Å²) in [5.74, 6) is 0. The molecule has 1 aliphatic rings. The van der Waals surface area contributed by atoms with Gasteiger partial charge in [-0.3, -0.25) is 4.90 Å². The Kier molecular flexibility index (Phi) is 5.02. The van der Waals surface area contributed by atoms with Crippen LogP contribution in [-0.2, 0) is 6.18 Å². The topological polar surface area (TPSA) is 52.5 Å². The maximum absolute atomic E-state index is 12.6. The molecule has 0 saturated carbocycles. The summed E-state index contributed by atoms with van der Waals surface area (Å²) in [7, 11) is 0. The van der Waals surface area contributed by atoms with Gasteiger partial charge in [0.15, 0.2) is 0 Å². The molecule has 1 aromatic carbocycles. The Morgan fingerprint density at radius 2 is 1.75 bits per heavy atom. The zero-order chi connectivity index (χ0) is 17.2. The van der Waals surface area contributed by atoms with Gasteiger partial charge in [-0.15, -0.1) is 10.2 Å². The van der Waals surface area contributed by atoms with Crippen molar-refractivity contribution in [3.05, 3.63) is 40.9 Å². The first kappa shape index (κ1) is 17.1. The SMILES string of the molecule is OC(CN1CCN(c2nnc(C(F)(F)F)s2)CC1)c1ccccc1. The van der Waals surface area contributed by atoms with Gasteiger partial charge in [-0.2, -0.15) is 13.2 Å². The number of halogens is 3.